The Labute approximate surface area is 152 Å². The first-order valence-electron chi connectivity index (χ1n) is 8.25. The van der Waals surface area contributed by atoms with Crippen LogP contribution in [0, 0.1) is 0 Å². The van der Waals surface area contributed by atoms with Gasteiger partial charge >= 0.3 is 0 Å². The molecule has 4 rings (SSSR count). The van der Waals surface area contributed by atoms with Crippen LogP contribution in [0.2, 0.25) is 5.02 Å². The third-order valence-electron chi connectivity index (χ3n) is 4.60. The van der Waals surface area contributed by atoms with Crippen molar-refractivity contribution in [1.29, 1.82) is 0 Å². The molecule has 0 bridgehead atoms. The summed E-state index contributed by atoms with van der Waals surface area (Å²) in [6, 6.07) is 15.8. The van der Waals surface area contributed by atoms with Gasteiger partial charge in [-0.25, -0.2) is 5.01 Å². The minimum absolute atomic E-state index is 0.0123. The van der Waals surface area contributed by atoms with Crippen LogP contribution in [0.1, 0.15) is 37.4 Å². The van der Waals surface area contributed by atoms with Gasteiger partial charge in [-0.2, -0.15) is 5.10 Å². The van der Waals surface area contributed by atoms with Crippen molar-refractivity contribution < 1.29 is 9.84 Å². The number of fused-ring (bicyclic) bond motifs is 3. The van der Waals surface area contributed by atoms with Crippen LogP contribution in [0.15, 0.2) is 65.5 Å². The van der Waals surface area contributed by atoms with Crippen molar-refractivity contribution in [1.82, 2.24) is 5.01 Å². The summed E-state index contributed by atoms with van der Waals surface area (Å²) in [4.78, 5) is 0. The van der Waals surface area contributed by atoms with Crippen molar-refractivity contribution in [2.24, 2.45) is 5.10 Å². The van der Waals surface area contributed by atoms with Crippen LogP contribution in [0.25, 0.3) is 0 Å². The minimum atomic E-state index is -0.860. The number of aliphatic hydroxyl groups is 1. The molecule has 1 N–H and O–H groups in total. The molecule has 0 saturated heterocycles. The van der Waals surface area contributed by atoms with Gasteiger partial charge in [0.1, 0.15) is 5.75 Å². The van der Waals surface area contributed by atoms with E-state index in [4.69, 9.17) is 21.4 Å². The smallest absolute Gasteiger partial charge is 0.218 e. The van der Waals surface area contributed by atoms with E-state index < -0.39 is 5.72 Å². The molecule has 0 spiro atoms. The second-order valence-corrected chi connectivity index (χ2v) is 7.04. The molecule has 0 radical (unpaired) electrons. The van der Waals surface area contributed by atoms with E-state index in [1.54, 1.807) is 13.0 Å². The van der Waals surface area contributed by atoms with Crippen LogP contribution in [-0.4, -0.2) is 21.6 Å². The number of aliphatic hydroxyl groups excluding tert-OH is 1. The number of hydrogen-bond acceptors (Lipinski definition) is 4. The second-order valence-electron chi connectivity index (χ2n) is 6.60. The molecule has 2 aliphatic heterocycles. The maximum absolute atomic E-state index is 9.85. The van der Waals surface area contributed by atoms with E-state index in [1.807, 2.05) is 48.3 Å². The lowest BCUT2D eigenvalue weighted by atomic mass is 9.94. The lowest BCUT2D eigenvalue weighted by molar-refractivity contribution is -0.0697. The predicted octanol–water partition coefficient (Wildman–Crippen LogP) is 5.06. The molecule has 2 heterocycles. The van der Waals surface area contributed by atoms with Gasteiger partial charge in [0.05, 0.1) is 17.5 Å². The molecule has 0 aliphatic carbocycles. The zero-order chi connectivity index (χ0) is 17.6. The quantitative estimate of drug-likeness (QED) is 0.766. The van der Waals surface area contributed by atoms with Crippen molar-refractivity contribution >= 4 is 17.3 Å². The van der Waals surface area contributed by atoms with Crippen molar-refractivity contribution in [3.8, 4) is 5.75 Å². The van der Waals surface area contributed by atoms with Gasteiger partial charge in [0.15, 0.2) is 0 Å². The van der Waals surface area contributed by atoms with Crippen molar-refractivity contribution in [2.75, 3.05) is 0 Å². The molecule has 0 aromatic heterocycles. The molecule has 25 heavy (non-hydrogen) atoms. The SMILES string of the molecule is C/C(O)=C/[C@@]1(C)Oc2ccc(Cl)cc2[C@H]2CC(c3ccccc3)=NN21. The lowest BCUT2D eigenvalue weighted by Gasteiger charge is -2.44. The van der Waals surface area contributed by atoms with Gasteiger partial charge in [0.2, 0.25) is 5.72 Å². The topological polar surface area (TPSA) is 45.1 Å². The standard InChI is InChI=1S/C20H19ClN2O2/c1-13(24)12-20(2)23-18(16-10-15(21)8-9-19(16)25-20)11-17(22-23)14-6-4-3-5-7-14/h3-10,12,18,24H,11H2,1-2H3/b13-12-/t18-,20-/m1/s1. The summed E-state index contributed by atoms with van der Waals surface area (Å²) in [5.41, 5.74) is 2.24. The first-order valence-corrected chi connectivity index (χ1v) is 8.63. The third-order valence-corrected chi connectivity index (χ3v) is 4.83. The number of allylic oxidation sites excluding steroid dienone is 1. The van der Waals surface area contributed by atoms with Gasteiger partial charge < -0.3 is 9.84 Å². The van der Waals surface area contributed by atoms with E-state index in [-0.39, 0.29) is 11.8 Å². The Morgan fingerprint density at radius 2 is 2.08 bits per heavy atom. The van der Waals surface area contributed by atoms with Gasteiger partial charge in [-0.1, -0.05) is 41.9 Å². The minimum Gasteiger partial charge on any atom is -0.513 e. The highest BCUT2D eigenvalue weighted by Crippen LogP contribution is 2.48. The predicted molar refractivity (Wildman–Crippen MR) is 99.0 cm³/mol. The number of rotatable bonds is 2. The molecule has 2 aromatic rings. The Hall–Kier alpha value is -2.46. The van der Waals surface area contributed by atoms with Crippen LogP contribution in [0.3, 0.4) is 0 Å². The normalized spacial score (nSPS) is 25.1. The summed E-state index contributed by atoms with van der Waals surface area (Å²) in [5, 5.41) is 17.3. The Bertz CT molecular complexity index is 875. The van der Waals surface area contributed by atoms with Gasteiger partial charge in [0, 0.05) is 30.0 Å². The number of benzene rings is 2. The monoisotopic (exact) mass is 354 g/mol. The molecule has 0 fully saturated rings. The fourth-order valence-corrected chi connectivity index (χ4v) is 3.77. The van der Waals surface area contributed by atoms with E-state index in [0.29, 0.717) is 5.02 Å². The summed E-state index contributed by atoms with van der Waals surface area (Å²) in [7, 11) is 0. The molecule has 2 aromatic carbocycles. The molecule has 2 atom stereocenters. The fraction of sp³-hybridized carbons (Fsp3) is 0.250. The van der Waals surface area contributed by atoms with Crippen LogP contribution in [-0.2, 0) is 0 Å². The largest absolute Gasteiger partial charge is 0.513 e. The number of hydrazone groups is 1. The van der Waals surface area contributed by atoms with Gasteiger partial charge in [-0.3, -0.25) is 0 Å². The molecule has 4 nitrogen and oxygen atoms in total. The third kappa shape index (κ3) is 2.76. The Morgan fingerprint density at radius 1 is 1.32 bits per heavy atom. The maximum atomic E-state index is 9.85. The molecule has 0 amide bonds. The molecular weight excluding hydrogens is 336 g/mol. The average Bonchev–Trinajstić information content (AvgIpc) is 3.03. The molecule has 5 heteroatoms. The Kier molecular flexibility index (Phi) is 3.73. The molecule has 0 unspecified atom stereocenters. The van der Waals surface area contributed by atoms with Gasteiger partial charge in [0.25, 0.3) is 0 Å². The van der Waals surface area contributed by atoms with Crippen molar-refractivity contribution in [3.63, 3.8) is 0 Å². The molecule has 128 valence electrons. The van der Waals surface area contributed by atoms with Crippen LogP contribution >= 0.6 is 11.6 Å². The first-order chi connectivity index (χ1) is 12.0. The van der Waals surface area contributed by atoms with E-state index in [1.165, 1.54) is 0 Å². The highest BCUT2D eigenvalue weighted by molar-refractivity contribution is 6.30. The van der Waals surface area contributed by atoms with Crippen LogP contribution < -0.4 is 4.74 Å². The number of halogens is 1. The Balaban J connectivity index is 1.84. The average molecular weight is 355 g/mol. The zero-order valence-electron chi connectivity index (χ0n) is 14.1. The number of nitrogens with zero attached hydrogens (tertiary/aromatic N) is 2. The van der Waals surface area contributed by atoms with E-state index >= 15 is 0 Å². The maximum Gasteiger partial charge on any atom is 0.218 e. The first kappa shape index (κ1) is 16.0. The lowest BCUT2D eigenvalue weighted by Crippen LogP contribution is -2.50. The van der Waals surface area contributed by atoms with E-state index in [9.17, 15) is 5.11 Å². The highest BCUT2D eigenvalue weighted by atomic mass is 35.5. The van der Waals surface area contributed by atoms with Crippen LogP contribution in [0.5, 0.6) is 5.75 Å². The van der Waals surface area contributed by atoms with Crippen molar-refractivity contribution in [3.05, 3.63) is 76.5 Å². The number of ether oxygens (including phenoxy) is 1. The van der Waals surface area contributed by atoms with E-state index in [0.717, 1.165) is 29.0 Å². The summed E-state index contributed by atoms with van der Waals surface area (Å²) in [6.45, 7) is 3.55. The summed E-state index contributed by atoms with van der Waals surface area (Å²) < 4.78 is 6.21. The Morgan fingerprint density at radius 3 is 2.80 bits per heavy atom. The summed E-state index contributed by atoms with van der Waals surface area (Å²) >= 11 is 6.21. The highest BCUT2D eigenvalue weighted by Gasteiger charge is 2.46. The molecule has 2 aliphatic rings. The number of hydrogen-bond donors (Lipinski definition) is 1. The summed E-state index contributed by atoms with van der Waals surface area (Å²) in [5.74, 6) is 0.970. The van der Waals surface area contributed by atoms with Gasteiger partial charge in [-0.05, 0) is 30.7 Å². The van der Waals surface area contributed by atoms with Gasteiger partial charge in [-0.15, -0.1) is 0 Å². The molecular formula is C20H19ClN2O2. The van der Waals surface area contributed by atoms with Crippen molar-refractivity contribution in [2.45, 2.75) is 32.0 Å². The molecule has 0 saturated carbocycles. The second kappa shape index (κ2) is 5.81. The van der Waals surface area contributed by atoms with E-state index in [2.05, 4.69) is 12.1 Å². The zero-order valence-corrected chi connectivity index (χ0v) is 14.9. The summed E-state index contributed by atoms with van der Waals surface area (Å²) in [6.07, 6.45) is 2.45. The fourth-order valence-electron chi connectivity index (χ4n) is 3.59. The van der Waals surface area contributed by atoms with Crippen LogP contribution in [0.4, 0.5) is 0 Å².